The second-order valence-corrected chi connectivity index (χ2v) is 4.02. The zero-order valence-corrected chi connectivity index (χ0v) is 10.4. The summed E-state index contributed by atoms with van der Waals surface area (Å²) in [5, 5.41) is 4.29. The monoisotopic (exact) mass is 246 g/mol. The number of aryl methyl sites for hydroxylation is 2. The highest BCUT2D eigenvalue weighted by molar-refractivity contribution is 5.10. The second-order valence-electron chi connectivity index (χ2n) is 4.02. The molecule has 4 nitrogen and oxygen atoms in total. The highest BCUT2D eigenvalue weighted by atomic mass is 19.3. The van der Waals surface area contributed by atoms with Crippen LogP contribution in [0.3, 0.4) is 0 Å². The summed E-state index contributed by atoms with van der Waals surface area (Å²) in [6, 6.07) is 1.95. The van der Waals surface area contributed by atoms with Crippen molar-refractivity contribution in [3.05, 3.63) is 17.5 Å². The lowest BCUT2D eigenvalue weighted by molar-refractivity contribution is 0.0851. The maximum Gasteiger partial charge on any atom is 0.251 e. The molecule has 0 saturated heterocycles. The Kier molecular flexibility index (Phi) is 5.50. The van der Waals surface area contributed by atoms with Gasteiger partial charge in [-0.15, -0.1) is 0 Å². The molecule has 0 bridgehead atoms. The van der Waals surface area contributed by atoms with E-state index >= 15 is 0 Å². The van der Waals surface area contributed by atoms with Crippen LogP contribution < -0.4 is 5.73 Å². The molecule has 98 valence electrons. The van der Waals surface area contributed by atoms with Crippen LogP contribution in [0.5, 0.6) is 0 Å². The first-order valence-electron chi connectivity index (χ1n) is 5.79. The Labute approximate surface area is 100 Å². The Balaban J connectivity index is 2.67. The molecule has 0 aliphatic rings. The SMILES string of the molecule is CCc1cc(CN(CCN)CC(F)F)n(C)n1. The molecule has 1 rings (SSSR count). The van der Waals surface area contributed by atoms with Crippen LogP contribution in [0, 0.1) is 0 Å². The van der Waals surface area contributed by atoms with Crippen LogP contribution in [0.15, 0.2) is 6.07 Å². The molecule has 0 aliphatic carbocycles. The van der Waals surface area contributed by atoms with Gasteiger partial charge in [-0.3, -0.25) is 9.58 Å². The Hall–Kier alpha value is -1.01. The highest BCUT2D eigenvalue weighted by Crippen LogP contribution is 2.09. The van der Waals surface area contributed by atoms with E-state index in [-0.39, 0.29) is 6.54 Å². The molecular formula is C11H20F2N4. The number of rotatable bonds is 7. The fraction of sp³-hybridized carbons (Fsp3) is 0.727. The minimum atomic E-state index is -2.33. The predicted molar refractivity (Wildman–Crippen MR) is 62.9 cm³/mol. The lowest BCUT2D eigenvalue weighted by atomic mass is 10.3. The molecule has 0 amide bonds. The Morgan fingerprint density at radius 3 is 2.71 bits per heavy atom. The molecule has 2 N–H and O–H groups in total. The molecule has 0 aliphatic heterocycles. The topological polar surface area (TPSA) is 47.1 Å². The largest absolute Gasteiger partial charge is 0.329 e. The molecule has 1 aromatic rings. The first kappa shape index (κ1) is 14.1. The van der Waals surface area contributed by atoms with Crippen molar-refractivity contribution in [2.75, 3.05) is 19.6 Å². The van der Waals surface area contributed by atoms with Gasteiger partial charge in [-0.25, -0.2) is 8.78 Å². The van der Waals surface area contributed by atoms with Crippen LogP contribution in [-0.4, -0.2) is 40.7 Å². The summed E-state index contributed by atoms with van der Waals surface area (Å²) >= 11 is 0. The van der Waals surface area contributed by atoms with Crippen molar-refractivity contribution in [2.45, 2.75) is 26.3 Å². The van der Waals surface area contributed by atoms with E-state index in [1.807, 2.05) is 20.0 Å². The van der Waals surface area contributed by atoms with Crippen molar-refractivity contribution in [1.82, 2.24) is 14.7 Å². The van der Waals surface area contributed by atoms with E-state index in [9.17, 15) is 8.78 Å². The van der Waals surface area contributed by atoms with Crippen molar-refractivity contribution in [1.29, 1.82) is 0 Å². The number of halogens is 2. The molecular weight excluding hydrogens is 226 g/mol. The number of nitrogens with zero attached hydrogens (tertiary/aromatic N) is 3. The van der Waals surface area contributed by atoms with Crippen molar-refractivity contribution in [3.8, 4) is 0 Å². The summed E-state index contributed by atoms with van der Waals surface area (Å²) in [5.41, 5.74) is 7.34. The molecule has 0 aromatic carbocycles. The highest BCUT2D eigenvalue weighted by Gasteiger charge is 2.14. The van der Waals surface area contributed by atoms with E-state index in [4.69, 9.17) is 5.73 Å². The van der Waals surface area contributed by atoms with Crippen LogP contribution in [-0.2, 0) is 20.0 Å². The standard InChI is InChI=1S/C11H20F2N4/c1-3-9-6-10(16(2)15-9)7-17(5-4-14)8-11(12)13/h6,11H,3-5,7-8,14H2,1-2H3. The molecule has 6 heteroatoms. The third kappa shape index (κ3) is 4.40. The average Bonchev–Trinajstić information content (AvgIpc) is 2.59. The van der Waals surface area contributed by atoms with Gasteiger partial charge in [0.15, 0.2) is 0 Å². The molecule has 0 unspecified atom stereocenters. The molecule has 0 fully saturated rings. The van der Waals surface area contributed by atoms with Crippen LogP contribution in [0.2, 0.25) is 0 Å². The third-order valence-electron chi connectivity index (χ3n) is 2.62. The lowest BCUT2D eigenvalue weighted by Gasteiger charge is -2.20. The second kappa shape index (κ2) is 6.66. The Morgan fingerprint density at radius 1 is 1.53 bits per heavy atom. The van der Waals surface area contributed by atoms with Gasteiger partial charge in [0.05, 0.1) is 17.9 Å². The predicted octanol–water partition coefficient (Wildman–Crippen LogP) is 1.01. The van der Waals surface area contributed by atoms with Gasteiger partial charge in [-0.1, -0.05) is 6.92 Å². The summed E-state index contributed by atoms with van der Waals surface area (Å²) in [7, 11) is 1.83. The quantitative estimate of drug-likeness (QED) is 0.781. The molecule has 0 saturated carbocycles. The van der Waals surface area contributed by atoms with Gasteiger partial charge in [0.1, 0.15) is 0 Å². The normalized spacial score (nSPS) is 11.7. The maximum atomic E-state index is 12.4. The van der Waals surface area contributed by atoms with Gasteiger partial charge in [-0.2, -0.15) is 5.10 Å². The van der Waals surface area contributed by atoms with E-state index in [1.54, 1.807) is 9.58 Å². The van der Waals surface area contributed by atoms with E-state index in [1.165, 1.54) is 0 Å². The van der Waals surface area contributed by atoms with Gasteiger partial charge in [-0.05, 0) is 12.5 Å². The molecule has 0 atom stereocenters. The van der Waals surface area contributed by atoms with E-state index < -0.39 is 6.43 Å². The van der Waals surface area contributed by atoms with Gasteiger partial charge >= 0.3 is 0 Å². The minimum absolute atomic E-state index is 0.246. The summed E-state index contributed by atoms with van der Waals surface area (Å²) in [6.45, 7) is 3.08. The number of aromatic nitrogens is 2. The fourth-order valence-electron chi connectivity index (χ4n) is 1.73. The number of hydrogen-bond acceptors (Lipinski definition) is 3. The van der Waals surface area contributed by atoms with Crippen LogP contribution in [0.25, 0.3) is 0 Å². The molecule has 1 heterocycles. The van der Waals surface area contributed by atoms with E-state index in [2.05, 4.69) is 5.10 Å². The average molecular weight is 246 g/mol. The number of nitrogens with two attached hydrogens (primary N) is 1. The van der Waals surface area contributed by atoms with Crippen molar-refractivity contribution >= 4 is 0 Å². The summed E-state index contributed by atoms with van der Waals surface area (Å²) in [5.74, 6) is 0. The smallest absolute Gasteiger partial charge is 0.251 e. The van der Waals surface area contributed by atoms with Gasteiger partial charge in [0.2, 0.25) is 0 Å². The van der Waals surface area contributed by atoms with Crippen LogP contribution >= 0.6 is 0 Å². The summed E-state index contributed by atoms with van der Waals surface area (Å²) in [4.78, 5) is 1.65. The molecule has 17 heavy (non-hydrogen) atoms. The van der Waals surface area contributed by atoms with Crippen LogP contribution in [0.4, 0.5) is 8.78 Å². The molecule has 0 spiro atoms. The van der Waals surface area contributed by atoms with Crippen molar-refractivity contribution in [2.24, 2.45) is 12.8 Å². The zero-order chi connectivity index (χ0) is 12.8. The van der Waals surface area contributed by atoms with Gasteiger partial charge in [0.25, 0.3) is 6.43 Å². The maximum absolute atomic E-state index is 12.4. The molecule has 1 aromatic heterocycles. The van der Waals surface area contributed by atoms with Crippen LogP contribution in [0.1, 0.15) is 18.3 Å². The number of alkyl halides is 2. The number of hydrogen-bond donors (Lipinski definition) is 1. The van der Waals surface area contributed by atoms with E-state index in [0.717, 1.165) is 17.8 Å². The fourth-order valence-corrected chi connectivity index (χ4v) is 1.73. The zero-order valence-electron chi connectivity index (χ0n) is 10.4. The summed E-state index contributed by atoms with van der Waals surface area (Å²) < 4.78 is 26.5. The minimum Gasteiger partial charge on any atom is -0.329 e. The van der Waals surface area contributed by atoms with E-state index in [0.29, 0.717) is 19.6 Å². The first-order chi connectivity index (χ1) is 8.06. The third-order valence-corrected chi connectivity index (χ3v) is 2.62. The first-order valence-corrected chi connectivity index (χ1v) is 5.79. The Bertz CT molecular complexity index is 338. The molecule has 0 radical (unpaired) electrons. The van der Waals surface area contributed by atoms with Crippen molar-refractivity contribution < 1.29 is 8.78 Å². The van der Waals surface area contributed by atoms with Crippen molar-refractivity contribution in [3.63, 3.8) is 0 Å². The van der Waals surface area contributed by atoms with Gasteiger partial charge < -0.3 is 5.73 Å². The lowest BCUT2D eigenvalue weighted by Crippen LogP contribution is -2.33. The Morgan fingerprint density at radius 2 is 2.24 bits per heavy atom. The summed E-state index contributed by atoms with van der Waals surface area (Å²) in [6.07, 6.45) is -1.49. The van der Waals surface area contributed by atoms with Gasteiger partial charge in [0, 0.05) is 26.7 Å².